The van der Waals surface area contributed by atoms with Gasteiger partial charge in [-0.15, -0.1) is 0 Å². The van der Waals surface area contributed by atoms with E-state index in [-0.39, 0.29) is 24.1 Å². The number of carbonyl (C=O) groups excluding carboxylic acids is 2. The number of hydrogen-bond donors (Lipinski definition) is 3. The number of H-pyrrole nitrogens is 1. The van der Waals surface area contributed by atoms with E-state index in [0.29, 0.717) is 22.2 Å². The van der Waals surface area contributed by atoms with Crippen LogP contribution in [0.5, 0.6) is 0 Å². The predicted octanol–water partition coefficient (Wildman–Crippen LogP) is 3.82. The molecule has 2 aromatic carbocycles. The van der Waals surface area contributed by atoms with Crippen molar-refractivity contribution >= 4 is 40.3 Å². The molecule has 0 atom stereocenters. The van der Waals surface area contributed by atoms with Crippen LogP contribution < -0.4 is 10.6 Å². The van der Waals surface area contributed by atoms with Crippen molar-refractivity contribution in [2.75, 3.05) is 11.1 Å². The second-order valence-electron chi connectivity index (χ2n) is 6.20. The summed E-state index contributed by atoms with van der Waals surface area (Å²) in [5.41, 5.74) is 2.63. The summed E-state index contributed by atoms with van der Waals surface area (Å²) in [5.74, 6) is 0.313. The van der Waals surface area contributed by atoms with Gasteiger partial charge in [0.25, 0.3) is 5.91 Å². The molecule has 0 bridgehead atoms. The Hall–Kier alpha value is -3.52. The van der Waals surface area contributed by atoms with Gasteiger partial charge in [-0.2, -0.15) is 0 Å². The van der Waals surface area contributed by atoms with Gasteiger partial charge in [-0.05, 0) is 36.4 Å². The maximum absolute atomic E-state index is 12.5. The molecule has 2 aromatic heterocycles. The van der Waals surface area contributed by atoms with E-state index in [1.54, 1.807) is 42.7 Å². The molecule has 0 aliphatic carbocycles. The third kappa shape index (κ3) is 4.67. The van der Waals surface area contributed by atoms with E-state index < -0.39 is 0 Å². The number of hydrogen-bond acceptors (Lipinski definition) is 5. The highest BCUT2D eigenvalue weighted by Crippen LogP contribution is 2.20. The second kappa shape index (κ2) is 8.66. The van der Waals surface area contributed by atoms with Gasteiger partial charge in [0.05, 0.1) is 40.8 Å². The van der Waals surface area contributed by atoms with Gasteiger partial charge < -0.3 is 20.0 Å². The molecule has 0 aliphatic heterocycles. The highest BCUT2D eigenvalue weighted by molar-refractivity contribution is 7.99. The molecule has 3 N–H and O–H groups in total. The second-order valence-corrected chi connectivity index (χ2v) is 7.17. The molecule has 2 heterocycles. The van der Waals surface area contributed by atoms with E-state index in [0.717, 1.165) is 11.0 Å². The Morgan fingerprint density at radius 2 is 1.86 bits per heavy atom. The molecule has 0 fully saturated rings. The number of aromatic amines is 1. The number of nitrogens with zero attached hydrogens (tertiary/aromatic N) is 1. The summed E-state index contributed by atoms with van der Waals surface area (Å²) in [4.78, 5) is 32.5. The van der Waals surface area contributed by atoms with Crippen molar-refractivity contribution in [2.45, 2.75) is 11.7 Å². The highest BCUT2D eigenvalue weighted by Gasteiger charge is 2.14. The topological polar surface area (TPSA) is 100 Å². The Balaban J connectivity index is 1.37. The van der Waals surface area contributed by atoms with Crippen molar-refractivity contribution in [3.8, 4) is 0 Å². The first-order chi connectivity index (χ1) is 14.2. The monoisotopic (exact) mass is 406 g/mol. The first kappa shape index (κ1) is 18.8. The molecule has 8 heteroatoms. The van der Waals surface area contributed by atoms with Gasteiger partial charge in [0, 0.05) is 0 Å². The van der Waals surface area contributed by atoms with Crippen molar-refractivity contribution in [2.24, 2.45) is 0 Å². The minimum atomic E-state index is -0.290. The Morgan fingerprint density at radius 1 is 1.03 bits per heavy atom. The van der Waals surface area contributed by atoms with Crippen LogP contribution in [0.1, 0.15) is 16.1 Å². The van der Waals surface area contributed by atoms with Gasteiger partial charge in [-0.3, -0.25) is 9.59 Å². The zero-order valence-electron chi connectivity index (χ0n) is 15.3. The minimum Gasteiger partial charge on any atom is -0.467 e. The summed E-state index contributed by atoms with van der Waals surface area (Å²) < 4.78 is 5.21. The summed E-state index contributed by atoms with van der Waals surface area (Å²) in [7, 11) is 0. The number of fused-ring (bicyclic) bond motifs is 1. The van der Waals surface area contributed by atoms with Gasteiger partial charge >= 0.3 is 0 Å². The van der Waals surface area contributed by atoms with Crippen molar-refractivity contribution in [1.82, 2.24) is 15.3 Å². The number of nitrogens with one attached hydrogen (secondary N) is 3. The molecule has 146 valence electrons. The van der Waals surface area contributed by atoms with Gasteiger partial charge in [0.2, 0.25) is 5.91 Å². The van der Waals surface area contributed by atoms with Crippen LogP contribution in [0, 0.1) is 0 Å². The van der Waals surface area contributed by atoms with Gasteiger partial charge in [0.15, 0.2) is 5.16 Å². The summed E-state index contributed by atoms with van der Waals surface area (Å²) in [6, 6.07) is 18.1. The minimum absolute atomic E-state index is 0.169. The zero-order chi connectivity index (χ0) is 20.1. The van der Waals surface area contributed by atoms with E-state index in [1.807, 2.05) is 24.3 Å². The number of rotatable bonds is 7. The van der Waals surface area contributed by atoms with Crippen molar-refractivity contribution in [3.63, 3.8) is 0 Å². The molecule has 4 rings (SSSR count). The van der Waals surface area contributed by atoms with Crippen LogP contribution in [0.25, 0.3) is 11.0 Å². The highest BCUT2D eigenvalue weighted by atomic mass is 32.2. The fourth-order valence-corrected chi connectivity index (χ4v) is 3.47. The third-order valence-electron chi connectivity index (χ3n) is 4.16. The fourth-order valence-electron chi connectivity index (χ4n) is 2.78. The van der Waals surface area contributed by atoms with Crippen LogP contribution >= 0.6 is 11.8 Å². The van der Waals surface area contributed by atoms with Crippen LogP contribution in [0.15, 0.2) is 76.5 Å². The molecule has 0 spiro atoms. The molecule has 7 nitrogen and oxygen atoms in total. The lowest BCUT2D eigenvalue weighted by atomic mass is 10.1. The van der Waals surface area contributed by atoms with Gasteiger partial charge in [-0.1, -0.05) is 36.0 Å². The summed E-state index contributed by atoms with van der Waals surface area (Å²) in [6.07, 6.45) is 1.55. The lowest BCUT2D eigenvalue weighted by molar-refractivity contribution is -0.113. The Bertz CT molecular complexity index is 1100. The molecule has 0 saturated heterocycles. The molecule has 0 radical (unpaired) electrons. The van der Waals surface area contributed by atoms with Crippen molar-refractivity contribution < 1.29 is 14.0 Å². The third-order valence-corrected chi connectivity index (χ3v) is 5.03. The SMILES string of the molecule is O=C(CSc1nc2ccccc2[nH]1)Nc1ccccc1C(=O)NCc1ccco1. The average Bonchev–Trinajstić information content (AvgIpc) is 3.40. The lowest BCUT2D eigenvalue weighted by Gasteiger charge is -2.10. The first-order valence-electron chi connectivity index (χ1n) is 8.96. The van der Waals surface area contributed by atoms with E-state index >= 15 is 0 Å². The summed E-state index contributed by atoms with van der Waals surface area (Å²) in [6.45, 7) is 0.274. The van der Waals surface area contributed by atoms with E-state index in [1.165, 1.54) is 11.8 Å². The van der Waals surface area contributed by atoms with Gasteiger partial charge in [-0.25, -0.2) is 4.98 Å². The number of amides is 2. The summed E-state index contributed by atoms with van der Waals surface area (Å²) >= 11 is 1.30. The van der Waals surface area contributed by atoms with Crippen LogP contribution in [-0.2, 0) is 11.3 Å². The number of benzene rings is 2. The van der Waals surface area contributed by atoms with Crippen LogP contribution in [0.2, 0.25) is 0 Å². The smallest absolute Gasteiger partial charge is 0.253 e. The molecule has 29 heavy (non-hydrogen) atoms. The standard InChI is InChI=1S/C21H18N4O3S/c26-19(13-29-21-24-17-9-3-4-10-18(17)25-21)23-16-8-2-1-7-15(16)20(27)22-12-14-6-5-11-28-14/h1-11H,12-13H2,(H,22,27)(H,23,26)(H,24,25). The molecule has 4 aromatic rings. The quantitative estimate of drug-likeness (QED) is 0.405. The number of para-hydroxylation sites is 3. The van der Waals surface area contributed by atoms with E-state index in [9.17, 15) is 9.59 Å². The maximum Gasteiger partial charge on any atom is 0.253 e. The summed E-state index contributed by atoms with van der Waals surface area (Å²) in [5, 5.41) is 6.26. The maximum atomic E-state index is 12.5. The van der Waals surface area contributed by atoms with E-state index in [2.05, 4.69) is 20.6 Å². The lowest BCUT2D eigenvalue weighted by Crippen LogP contribution is -2.25. The number of carbonyl (C=O) groups is 2. The molecule has 2 amide bonds. The fraction of sp³-hybridized carbons (Fsp3) is 0.0952. The first-order valence-corrected chi connectivity index (χ1v) is 9.94. The van der Waals surface area contributed by atoms with Crippen LogP contribution in [0.3, 0.4) is 0 Å². The van der Waals surface area contributed by atoms with Gasteiger partial charge in [0.1, 0.15) is 5.76 Å². The zero-order valence-corrected chi connectivity index (χ0v) is 16.2. The van der Waals surface area contributed by atoms with E-state index in [4.69, 9.17) is 4.42 Å². The predicted molar refractivity (Wildman–Crippen MR) is 112 cm³/mol. The number of thioether (sulfide) groups is 1. The normalized spacial score (nSPS) is 10.8. The van der Waals surface area contributed by atoms with Crippen LogP contribution in [0.4, 0.5) is 5.69 Å². The van der Waals surface area contributed by atoms with Crippen molar-refractivity contribution in [3.05, 3.63) is 78.3 Å². The number of anilines is 1. The van der Waals surface area contributed by atoms with Crippen molar-refractivity contribution in [1.29, 1.82) is 0 Å². The van der Waals surface area contributed by atoms with Crippen LogP contribution in [-0.4, -0.2) is 27.5 Å². The molecule has 0 aliphatic rings. The Morgan fingerprint density at radius 3 is 2.69 bits per heavy atom. The number of furan rings is 1. The number of imidazole rings is 1. The molecular formula is C21H18N4O3S. The average molecular weight is 406 g/mol. The number of aromatic nitrogens is 2. The molecule has 0 unspecified atom stereocenters. The Labute approximate surface area is 170 Å². The molecule has 0 saturated carbocycles. The largest absolute Gasteiger partial charge is 0.467 e. The molecular weight excluding hydrogens is 388 g/mol. The Kier molecular flexibility index (Phi) is 5.62.